The number of aliphatic hydroxyl groups is 1. The molecule has 2 unspecified atom stereocenters. The Bertz CT molecular complexity index is 357. The monoisotopic (exact) mass is 221 g/mol. The minimum atomic E-state index is -0.748. The van der Waals surface area contributed by atoms with Gasteiger partial charge in [-0.1, -0.05) is 18.2 Å². The number of aromatic hydroxyl groups is 1. The highest BCUT2D eigenvalue weighted by molar-refractivity contribution is 5.33. The van der Waals surface area contributed by atoms with Gasteiger partial charge >= 0.3 is 0 Å². The largest absolute Gasteiger partial charge is 0.508 e. The van der Waals surface area contributed by atoms with Crippen LogP contribution in [0.2, 0.25) is 0 Å². The lowest BCUT2D eigenvalue weighted by atomic mass is 9.83. The zero-order valence-electron chi connectivity index (χ0n) is 9.61. The molecule has 0 amide bonds. The molecule has 1 aromatic carbocycles. The summed E-state index contributed by atoms with van der Waals surface area (Å²) in [6, 6.07) is 7.22. The van der Waals surface area contributed by atoms with Crippen molar-refractivity contribution in [2.75, 3.05) is 13.1 Å². The molecule has 3 N–H and O–H groups in total. The molecule has 1 aromatic rings. The first kappa shape index (κ1) is 11.4. The van der Waals surface area contributed by atoms with Crippen LogP contribution in [0.25, 0.3) is 0 Å². The summed E-state index contributed by atoms with van der Waals surface area (Å²) in [6.07, 6.45) is 1.51. The van der Waals surface area contributed by atoms with Crippen LogP contribution in [0, 0.1) is 5.92 Å². The van der Waals surface area contributed by atoms with Gasteiger partial charge in [-0.25, -0.2) is 0 Å². The van der Waals surface area contributed by atoms with E-state index in [4.69, 9.17) is 0 Å². The van der Waals surface area contributed by atoms with E-state index in [1.807, 2.05) is 19.1 Å². The topological polar surface area (TPSA) is 52.5 Å². The molecule has 88 valence electrons. The highest BCUT2D eigenvalue weighted by Gasteiger charge is 2.34. The number of phenolic OH excluding ortho intramolecular Hbond substituents is 1. The first-order valence-corrected chi connectivity index (χ1v) is 5.79. The molecular weight excluding hydrogens is 202 g/mol. The molecule has 3 heteroatoms. The Morgan fingerprint density at radius 1 is 1.44 bits per heavy atom. The van der Waals surface area contributed by atoms with Gasteiger partial charge in [-0.15, -0.1) is 0 Å². The van der Waals surface area contributed by atoms with E-state index in [0.29, 0.717) is 6.42 Å². The summed E-state index contributed by atoms with van der Waals surface area (Å²) >= 11 is 0. The minimum absolute atomic E-state index is 0.270. The lowest BCUT2D eigenvalue weighted by molar-refractivity contribution is 0.00680. The Balaban J connectivity index is 2.10. The number of phenols is 1. The minimum Gasteiger partial charge on any atom is -0.508 e. The van der Waals surface area contributed by atoms with Gasteiger partial charge in [-0.2, -0.15) is 0 Å². The zero-order valence-corrected chi connectivity index (χ0v) is 9.61. The molecule has 0 aliphatic carbocycles. The highest BCUT2D eigenvalue weighted by atomic mass is 16.3. The Labute approximate surface area is 96.1 Å². The third kappa shape index (κ3) is 2.36. The third-order valence-electron chi connectivity index (χ3n) is 3.48. The lowest BCUT2D eigenvalue weighted by Crippen LogP contribution is -2.38. The average Bonchev–Trinajstić information content (AvgIpc) is 2.75. The summed E-state index contributed by atoms with van der Waals surface area (Å²) in [4.78, 5) is 0. The van der Waals surface area contributed by atoms with Gasteiger partial charge in [-0.05, 0) is 31.5 Å². The lowest BCUT2D eigenvalue weighted by Gasteiger charge is -2.29. The summed E-state index contributed by atoms with van der Waals surface area (Å²) in [5.41, 5.74) is 0.0712. The van der Waals surface area contributed by atoms with Crippen molar-refractivity contribution in [3.63, 3.8) is 0 Å². The molecule has 0 saturated carbocycles. The molecule has 1 fully saturated rings. The van der Waals surface area contributed by atoms with Crippen LogP contribution in [0.1, 0.15) is 18.9 Å². The zero-order chi connectivity index (χ0) is 11.6. The molecule has 0 spiro atoms. The van der Waals surface area contributed by atoms with Crippen LogP contribution in [0.3, 0.4) is 0 Å². The smallest absolute Gasteiger partial charge is 0.118 e. The second kappa shape index (κ2) is 4.44. The van der Waals surface area contributed by atoms with Crippen LogP contribution >= 0.6 is 0 Å². The Hall–Kier alpha value is -1.06. The van der Waals surface area contributed by atoms with Crippen molar-refractivity contribution in [2.24, 2.45) is 5.92 Å². The van der Waals surface area contributed by atoms with Gasteiger partial charge < -0.3 is 15.5 Å². The molecule has 2 atom stereocenters. The first-order chi connectivity index (χ1) is 7.59. The van der Waals surface area contributed by atoms with E-state index in [0.717, 1.165) is 25.1 Å². The maximum Gasteiger partial charge on any atom is 0.118 e. The van der Waals surface area contributed by atoms with Crippen LogP contribution < -0.4 is 5.32 Å². The maximum absolute atomic E-state index is 10.4. The van der Waals surface area contributed by atoms with Crippen molar-refractivity contribution in [3.8, 4) is 5.75 Å². The standard InChI is InChI=1S/C13H19NO2/c1-13(16,11-6-7-14-9-11)8-10-4-2-3-5-12(10)15/h2-5,11,14-16H,6-9H2,1H3. The SMILES string of the molecule is CC(O)(Cc1ccccc1O)C1CCNC1. The fourth-order valence-corrected chi connectivity index (χ4v) is 2.38. The average molecular weight is 221 g/mol. The van der Waals surface area contributed by atoms with Gasteiger partial charge in [-0.3, -0.25) is 0 Å². The van der Waals surface area contributed by atoms with E-state index in [1.165, 1.54) is 0 Å². The van der Waals surface area contributed by atoms with Gasteiger partial charge in [0.1, 0.15) is 5.75 Å². The van der Waals surface area contributed by atoms with Gasteiger partial charge in [0.05, 0.1) is 5.60 Å². The predicted octanol–water partition coefficient (Wildman–Crippen LogP) is 1.30. The van der Waals surface area contributed by atoms with E-state index in [2.05, 4.69) is 5.32 Å². The van der Waals surface area contributed by atoms with E-state index < -0.39 is 5.60 Å². The summed E-state index contributed by atoms with van der Waals surface area (Å²) < 4.78 is 0. The fourth-order valence-electron chi connectivity index (χ4n) is 2.38. The van der Waals surface area contributed by atoms with E-state index >= 15 is 0 Å². The Morgan fingerprint density at radius 2 is 2.19 bits per heavy atom. The number of hydrogen-bond acceptors (Lipinski definition) is 3. The second-order valence-electron chi connectivity index (χ2n) is 4.85. The van der Waals surface area contributed by atoms with Crippen LogP contribution in [0.5, 0.6) is 5.75 Å². The molecule has 16 heavy (non-hydrogen) atoms. The van der Waals surface area contributed by atoms with Crippen molar-refractivity contribution in [1.29, 1.82) is 0 Å². The van der Waals surface area contributed by atoms with Crippen molar-refractivity contribution < 1.29 is 10.2 Å². The van der Waals surface area contributed by atoms with E-state index in [1.54, 1.807) is 12.1 Å². The first-order valence-electron chi connectivity index (χ1n) is 5.79. The number of nitrogens with one attached hydrogen (secondary N) is 1. The summed E-state index contributed by atoms with van der Waals surface area (Å²) in [5, 5.41) is 23.4. The molecule has 1 heterocycles. The molecule has 0 aromatic heterocycles. The third-order valence-corrected chi connectivity index (χ3v) is 3.48. The normalized spacial score (nSPS) is 24.2. The van der Waals surface area contributed by atoms with Gasteiger partial charge in [0.15, 0.2) is 0 Å². The van der Waals surface area contributed by atoms with Gasteiger partial charge in [0, 0.05) is 18.9 Å². The Morgan fingerprint density at radius 3 is 2.81 bits per heavy atom. The van der Waals surface area contributed by atoms with Crippen molar-refractivity contribution in [3.05, 3.63) is 29.8 Å². The number of rotatable bonds is 3. The van der Waals surface area contributed by atoms with Crippen molar-refractivity contribution >= 4 is 0 Å². The quantitative estimate of drug-likeness (QED) is 0.721. The Kier molecular flexibility index (Phi) is 3.17. The van der Waals surface area contributed by atoms with Crippen LogP contribution in [-0.4, -0.2) is 28.9 Å². The molecule has 1 aliphatic rings. The molecule has 0 bridgehead atoms. The molecule has 1 saturated heterocycles. The summed E-state index contributed by atoms with van der Waals surface area (Å²) in [7, 11) is 0. The van der Waals surface area contributed by atoms with Crippen molar-refractivity contribution in [2.45, 2.75) is 25.4 Å². The maximum atomic E-state index is 10.4. The van der Waals surface area contributed by atoms with Gasteiger partial charge in [0.25, 0.3) is 0 Å². The fraction of sp³-hybridized carbons (Fsp3) is 0.538. The highest BCUT2D eigenvalue weighted by Crippen LogP contribution is 2.29. The molecule has 3 nitrogen and oxygen atoms in total. The number of benzene rings is 1. The predicted molar refractivity (Wildman–Crippen MR) is 63.4 cm³/mol. The molecular formula is C13H19NO2. The summed E-state index contributed by atoms with van der Waals surface area (Å²) in [6.45, 7) is 3.69. The number of hydrogen-bond donors (Lipinski definition) is 3. The van der Waals surface area contributed by atoms with Crippen LogP contribution in [0.4, 0.5) is 0 Å². The summed E-state index contributed by atoms with van der Waals surface area (Å²) in [5.74, 6) is 0.542. The molecule has 1 aliphatic heterocycles. The van der Waals surface area contributed by atoms with Crippen LogP contribution in [0.15, 0.2) is 24.3 Å². The number of para-hydroxylation sites is 1. The second-order valence-corrected chi connectivity index (χ2v) is 4.85. The van der Waals surface area contributed by atoms with E-state index in [-0.39, 0.29) is 11.7 Å². The molecule has 2 rings (SSSR count). The van der Waals surface area contributed by atoms with E-state index in [9.17, 15) is 10.2 Å². The van der Waals surface area contributed by atoms with Gasteiger partial charge in [0.2, 0.25) is 0 Å². The molecule has 0 radical (unpaired) electrons. The van der Waals surface area contributed by atoms with Crippen LogP contribution in [-0.2, 0) is 6.42 Å². The van der Waals surface area contributed by atoms with Crippen molar-refractivity contribution in [1.82, 2.24) is 5.32 Å².